The van der Waals surface area contributed by atoms with Gasteiger partial charge < -0.3 is 25.2 Å². The predicted octanol–water partition coefficient (Wildman–Crippen LogP) is 5.35. The number of esters is 1. The number of benzene rings is 3. The molecule has 8 nitrogen and oxygen atoms in total. The van der Waals surface area contributed by atoms with Gasteiger partial charge in [-0.15, -0.1) is 13.2 Å². The van der Waals surface area contributed by atoms with Gasteiger partial charge in [-0.2, -0.15) is 0 Å². The highest BCUT2D eigenvalue weighted by Crippen LogP contribution is 2.17. The first-order valence-electron chi connectivity index (χ1n) is 15.7. The monoisotopic (exact) mass is 626 g/mol. The van der Waals surface area contributed by atoms with E-state index in [0.29, 0.717) is 32.3 Å². The molecule has 0 saturated heterocycles. The zero-order chi connectivity index (χ0) is 33.1. The smallest absolute Gasteiger partial charge is 0.309 e. The van der Waals surface area contributed by atoms with Crippen molar-refractivity contribution < 1.29 is 29.0 Å². The van der Waals surface area contributed by atoms with Gasteiger partial charge in [0.05, 0.1) is 30.5 Å². The largest absolute Gasteiger partial charge is 0.489 e. The van der Waals surface area contributed by atoms with Crippen molar-refractivity contribution in [2.75, 3.05) is 13.2 Å². The molecule has 3 aromatic rings. The van der Waals surface area contributed by atoms with Gasteiger partial charge in [-0.1, -0.05) is 84.9 Å². The van der Waals surface area contributed by atoms with E-state index in [1.165, 1.54) is 0 Å². The number of allylic oxidation sites excluding steroid dienone is 2. The van der Waals surface area contributed by atoms with Gasteiger partial charge >= 0.3 is 5.97 Å². The maximum atomic E-state index is 13.1. The minimum absolute atomic E-state index is 0.00266. The molecule has 0 heterocycles. The number of hydrogen-bond donors (Lipinski definition) is 3. The Morgan fingerprint density at radius 2 is 1.37 bits per heavy atom. The van der Waals surface area contributed by atoms with Gasteiger partial charge in [-0.05, 0) is 61.4 Å². The molecule has 0 fully saturated rings. The van der Waals surface area contributed by atoms with Crippen LogP contribution in [-0.4, -0.2) is 48.2 Å². The maximum absolute atomic E-state index is 13.1. The van der Waals surface area contributed by atoms with E-state index in [0.717, 1.165) is 22.4 Å². The van der Waals surface area contributed by atoms with Crippen LogP contribution in [-0.2, 0) is 38.6 Å². The Balaban J connectivity index is 1.45. The van der Waals surface area contributed by atoms with Crippen molar-refractivity contribution in [2.24, 2.45) is 11.8 Å². The molecule has 2 amide bonds. The van der Waals surface area contributed by atoms with Crippen molar-refractivity contribution in [3.05, 3.63) is 127 Å². The highest BCUT2D eigenvalue weighted by Gasteiger charge is 2.25. The lowest BCUT2D eigenvalue weighted by Gasteiger charge is -2.22. The minimum Gasteiger partial charge on any atom is -0.489 e. The molecule has 4 atom stereocenters. The summed E-state index contributed by atoms with van der Waals surface area (Å²) in [7, 11) is 0. The zero-order valence-electron chi connectivity index (χ0n) is 26.6. The van der Waals surface area contributed by atoms with Crippen LogP contribution >= 0.6 is 0 Å². The summed E-state index contributed by atoms with van der Waals surface area (Å²) in [6.07, 6.45) is 4.94. The highest BCUT2D eigenvalue weighted by molar-refractivity contribution is 5.86. The first-order valence-corrected chi connectivity index (χ1v) is 15.7. The Hall–Kier alpha value is -4.69. The molecule has 0 aliphatic carbocycles. The van der Waals surface area contributed by atoms with Crippen molar-refractivity contribution in [1.82, 2.24) is 10.6 Å². The van der Waals surface area contributed by atoms with E-state index in [-0.39, 0.29) is 43.3 Å². The molecule has 0 aromatic heterocycles. The molecular weight excluding hydrogens is 580 g/mol. The zero-order valence-corrected chi connectivity index (χ0v) is 26.6. The first kappa shape index (κ1) is 35.8. The summed E-state index contributed by atoms with van der Waals surface area (Å²) in [4.78, 5) is 38.8. The van der Waals surface area contributed by atoms with Gasteiger partial charge in [-0.25, -0.2) is 0 Å². The third-order valence-corrected chi connectivity index (χ3v) is 7.47. The molecule has 3 N–H and O–H groups in total. The van der Waals surface area contributed by atoms with Crippen molar-refractivity contribution in [3.63, 3.8) is 0 Å². The summed E-state index contributed by atoms with van der Waals surface area (Å²) in [5.41, 5.74) is 3.03. The molecule has 0 spiro atoms. The third-order valence-electron chi connectivity index (χ3n) is 7.47. The van der Waals surface area contributed by atoms with Crippen LogP contribution in [0.5, 0.6) is 5.75 Å². The lowest BCUT2D eigenvalue weighted by Crippen LogP contribution is -2.44. The van der Waals surface area contributed by atoms with Crippen LogP contribution in [0.2, 0.25) is 0 Å². The van der Waals surface area contributed by atoms with Crippen LogP contribution in [0.3, 0.4) is 0 Å². The Labute approximate surface area is 272 Å². The van der Waals surface area contributed by atoms with Crippen LogP contribution < -0.4 is 15.4 Å². The molecule has 0 bridgehead atoms. The van der Waals surface area contributed by atoms with E-state index in [4.69, 9.17) is 9.47 Å². The lowest BCUT2D eigenvalue weighted by atomic mass is 9.96. The fraction of sp³-hybridized carbons (Fsp3) is 0.342. The Bertz CT molecular complexity index is 1380. The molecular formula is C38H46N2O6. The normalized spacial score (nSPS) is 13.3. The lowest BCUT2D eigenvalue weighted by molar-refractivity contribution is -0.149. The van der Waals surface area contributed by atoms with Crippen LogP contribution in [0.1, 0.15) is 42.9 Å². The number of hydrogen-bond acceptors (Lipinski definition) is 6. The van der Waals surface area contributed by atoms with Gasteiger partial charge in [0.1, 0.15) is 19.0 Å². The van der Waals surface area contributed by atoms with Crippen LogP contribution in [0.4, 0.5) is 0 Å². The minimum atomic E-state index is -0.664. The average Bonchev–Trinajstić information content (AvgIpc) is 3.07. The molecule has 0 saturated carbocycles. The number of aliphatic hydroxyl groups is 1. The van der Waals surface area contributed by atoms with Gasteiger partial charge in [0, 0.05) is 6.42 Å². The number of nitrogens with one attached hydrogen (secondary N) is 2. The van der Waals surface area contributed by atoms with Crippen molar-refractivity contribution >= 4 is 17.8 Å². The van der Waals surface area contributed by atoms with Crippen LogP contribution in [0.25, 0.3) is 0 Å². The average molecular weight is 627 g/mol. The van der Waals surface area contributed by atoms with Gasteiger partial charge in [0.25, 0.3) is 0 Å². The number of carbonyl (C=O) groups is 3. The molecule has 8 heteroatoms. The van der Waals surface area contributed by atoms with Crippen molar-refractivity contribution in [1.29, 1.82) is 0 Å². The molecule has 3 aromatic carbocycles. The number of rotatable bonds is 20. The summed E-state index contributed by atoms with van der Waals surface area (Å²) < 4.78 is 11.4. The molecule has 244 valence electrons. The fourth-order valence-corrected chi connectivity index (χ4v) is 4.99. The second-order valence-corrected chi connectivity index (χ2v) is 11.4. The molecule has 0 aliphatic heterocycles. The Morgan fingerprint density at radius 3 is 1.98 bits per heavy atom. The maximum Gasteiger partial charge on any atom is 0.309 e. The standard InChI is InChI=1S/C38H46N2O6/c1-4-12-32(37(43)39-28(3)26-46-38(44)33(13-5-2)22-29-14-8-6-9-15-29)24-36(42)40-34(25-41)23-30-18-20-35(21-19-30)45-27-31-16-10-7-11-17-31/h4-11,14-21,28,32-34,41H,1-2,12-13,22-27H2,3H3,(H,39,43)(H,40,42)/t28-,32-,33-,34-/m0/s1. The number of amides is 2. The van der Waals surface area contributed by atoms with E-state index in [2.05, 4.69) is 23.8 Å². The number of ether oxygens (including phenoxy) is 2. The number of aliphatic hydroxyl groups excluding tert-OH is 1. The number of carbonyl (C=O) groups excluding carboxylic acids is 3. The van der Waals surface area contributed by atoms with Crippen LogP contribution in [0, 0.1) is 11.8 Å². The van der Waals surface area contributed by atoms with Crippen LogP contribution in [0.15, 0.2) is 110 Å². The molecule has 0 unspecified atom stereocenters. The SMILES string of the molecule is C=CC[C@@H](CC(=O)N[C@H](CO)Cc1ccc(OCc2ccccc2)cc1)C(=O)N[C@@H](C)COC(=O)[C@@H](CC=C)Cc1ccccc1. The predicted molar refractivity (Wildman–Crippen MR) is 180 cm³/mol. The summed E-state index contributed by atoms with van der Waals surface area (Å²) in [6.45, 7) is 9.45. The third kappa shape index (κ3) is 12.7. The quantitative estimate of drug-likeness (QED) is 0.115. The summed E-state index contributed by atoms with van der Waals surface area (Å²) in [5.74, 6) is -1.35. The van der Waals surface area contributed by atoms with Gasteiger partial charge in [0.15, 0.2) is 0 Å². The highest BCUT2D eigenvalue weighted by atomic mass is 16.5. The summed E-state index contributed by atoms with van der Waals surface area (Å²) in [6, 6.07) is 26.1. The summed E-state index contributed by atoms with van der Waals surface area (Å²) >= 11 is 0. The molecule has 46 heavy (non-hydrogen) atoms. The van der Waals surface area contributed by atoms with E-state index in [1.807, 2.05) is 84.9 Å². The second-order valence-electron chi connectivity index (χ2n) is 11.4. The van der Waals surface area contributed by atoms with Gasteiger partial charge in [-0.3, -0.25) is 14.4 Å². The van der Waals surface area contributed by atoms with Crippen molar-refractivity contribution in [2.45, 2.75) is 57.7 Å². The second kappa shape index (κ2) is 19.6. The van der Waals surface area contributed by atoms with E-state index >= 15 is 0 Å². The van der Waals surface area contributed by atoms with E-state index in [9.17, 15) is 19.5 Å². The summed E-state index contributed by atoms with van der Waals surface area (Å²) in [5, 5.41) is 15.6. The molecule has 3 rings (SSSR count). The van der Waals surface area contributed by atoms with Gasteiger partial charge in [0.2, 0.25) is 11.8 Å². The Kier molecular flexibility index (Phi) is 15.3. The van der Waals surface area contributed by atoms with E-state index < -0.39 is 18.0 Å². The Morgan fingerprint density at radius 1 is 0.783 bits per heavy atom. The molecule has 0 aliphatic rings. The molecule has 0 radical (unpaired) electrons. The first-order chi connectivity index (χ1) is 22.3. The topological polar surface area (TPSA) is 114 Å². The fourth-order valence-electron chi connectivity index (χ4n) is 4.99. The van der Waals surface area contributed by atoms with E-state index in [1.54, 1.807) is 19.1 Å². The van der Waals surface area contributed by atoms with Crippen molar-refractivity contribution in [3.8, 4) is 5.75 Å².